The highest BCUT2D eigenvalue weighted by Crippen LogP contribution is 2.23. The van der Waals surface area contributed by atoms with Crippen molar-refractivity contribution in [1.82, 2.24) is 5.32 Å². The van der Waals surface area contributed by atoms with E-state index in [1.54, 1.807) is 0 Å². The fourth-order valence-corrected chi connectivity index (χ4v) is 1.74. The Labute approximate surface area is 123 Å². The minimum Gasteiger partial charge on any atom is -0.344 e. The molecule has 0 fully saturated rings. The fourth-order valence-electron chi connectivity index (χ4n) is 1.32. The summed E-state index contributed by atoms with van der Waals surface area (Å²) in [4.78, 5) is 21.3. The molecule has 1 N–H and O–H groups in total. The minimum absolute atomic E-state index is 0.0682. The number of nitro benzene ring substituents is 1. The average molecular weight is 327 g/mol. The number of carbonyl (C=O) groups is 1. The maximum Gasteiger partial charge on any atom is 0.308 e. The molecule has 0 saturated carbocycles. The maximum atomic E-state index is 13.8. The second-order valence-electron chi connectivity index (χ2n) is 4.33. The molecule has 1 amide bonds. The molecule has 0 radical (unpaired) electrons. The smallest absolute Gasteiger partial charge is 0.308 e. The molecule has 0 unspecified atom stereocenters. The quantitative estimate of drug-likeness (QED) is 0.513. The molecule has 5 nitrogen and oxygen atoms in total. The first-order valence-corrected chi connectivity index (χ1v) is 6.39. The highest BCUT2D eigenvalue weighted by Gasteiger charge is 2.29. The zero-order chi connectivity index (χ0) is 15.5. The van der Waals surface area contributed by atoms with E-state index in [0.717, 1.165) is 0 Å². The molecule has 0 aliphatic rings. The van der Waals surface area contributed by atoms with Crippen LogP contribution in [0.5, 0.6) is 0 Å². The van der Waals surface area contributed by atoms with Crippen LogP contribution in [0, 0.1) is 21.7 Å². The van der Waals surface area contributed by atoms with Crippen molar-refractivity contribution in [3.05, 3.63) is 39.4 Å². The van der Waals surface area contributed by atoms with E-state index in [-0.39, 0.29) is 11.8 Å². The lowest BCUT2D eigenvalue weighted by atomic mass is 10.1. The number of nitrogens with one attached hydrogen (secondary N) is 1. The molecule has 0 atom stereocenters. The molecule has 1 rings (SSSR count). The summed E-state index contributed by atoms with van der Waals surface area (Å²) in [5.74, 6) is -3.68. The Balaban J connectivity index is 3.20. The lowest BCUT2D eigenvalue weighted by Gasteiger charge is -2.25. The van der Waals surface area contributed by atoms with Gasteiger partial charge in [0.1, 0.15) is 5.82 Å². The van der Waals surface area contributed by atoms with Crippen LogP contribution < -0.4 is 5.32 Å². The number of amides is 1. The lowest BCUT2D eigenvalue weighted by molar-refractivity contribution is -0.387. The van der Waals surface area contributed by atoms with Crippen LogP contribution in [0.2, 0.25) is 0 Å². The van der Waals surface area contributed by atoms with Gasteiger partial charge in [-0.25, -0.2) is 4.39 Å². The third-order valence-corrected chi connectivity index (χ3v) is 3.64. The summed E-state index contributed by atoms with van der Waals surface area (Å²) in [5.41, 5.74) is -2.94. The van der Waals surface area contributed by atoms with E-state index in [0.29, 0.717) is 12.1 Å². The van der Waals surface area contributed by atoms with E-state index in [1.807, 2.05) is 0 Å². The van der Waals surface area contributed by atoms with Gasteiger partial charge >= 0.3 is 5.69 Å². The molecular formula is C11H10Cl2F2N2O3. The summed E-state index contributed by atoms with van der Waals surface area (Å²) in [6.45, 7) is 1.50. The first-order valence-electron chi connectivity index (χ1n) is 5.32. The molecule has 1 aromatic carbocycles. The molecule has 110 valence electrons. The van der Waals surface area contributed by atoms with E-state index < -0.39 is 39.3 Å². The van der Waals surface area contributed by atoms with Crippen LogP contribution in [0.1, 0.15) is 17.3 Å². The Bertz CT molecular complexity index is 551. The van der Waals surface area contributed by atoms with E-state index >= 15 is 0 Å². The van der Waals surface area contributed by atoms with Crippen molar-refractivity contribution >= 4 is 34.8 Å². The monoisotopic (exact) mass is 326 g/mol. The number of benzene rings is 1. The summed E-state index contributed by atoms with van der Waals surface area (Å²) >= 11 is 11.2. The Morgan fingerprint density at radius 3 is 2.40 bits per heavy atom. The van der Waals surface area contributed by atoms with Crippen molar-refractivity contribution in [1.29, 1.82) is 0 Å². The van der Waals surface area contributed by atoms with Crippen LogP contribution in [0.15, 0.2) is 12.1 Å². The average Bonchev–Trinajstić information content (AvgIpc) is 2.40. The molecule has 9 heteroatoms. The van der Waals surface area contributed by atoms with Crippen LogP contribution >= 0.6 is 23.2 Å². The van der Waals surface area contributed by atoms with Crippen LogP contribution in [-0.4, -0.2) is 28.1 Å². The van der Waals surface area contributed by atoms with Crippen molar-refractivity contribution in [2.75, 3.05) is 11.8 Å². The number of hydrogen-bond acceptors (Lipinski definition) is 3. The van der Waals surface area contributed by atoms with Gasteiger partial charge in [0.05, 0.1) is 22.1 Å². The number of nitro groups is 1. The van der Waals surface area contributed by atoms with Gasteiger partial charge in [-0.2, -0.15) is 4.39 Å². The van der Waals surface area contributed by atoms with Crippen molar-refractivity contribution in [2.45, 2.75) is 12.5 Å². The van der Waals surface area contributed by atoms with Gasteiger partial charge in [-0.3, -0.25) is 14.9 Å². The van der Waals surface area contributed by atoms with Gasteiger partial charge in [0.2, 0.25) is 5.82 Å². The normalized spacial score (nSPS) is 11.2. The SMILES string of the molecule is CC(CCl)(CCl)NC(=O)c1cc(F)cc([N+](=O)[O-])c1F. The minimum atomic E-state index is -1.42. The number of alkyl halides is 2. The Morgan fingerprint density at radius 1 is 1.40 bits per heavy atom. The van der Waals surface area contributed by atoms with E-state index in [1.165, 1.54) is 6.92 Å². The first-order chi connectivity index (χ1) is 9.24. The Kier molecular flexibility index (Phi) is 5.24. The van der Waals surface area contributed by atoms with Crippen LogP contribution in [0.4, 0.5) is 14.5 Å². The van der Waals surface area contributed by atoms with Crippen molar-refractivity contribution in [2.24, 2.45) is 0 Å². The van der Waals surface area contributed by atoms with Crippen molar-refractivity contribution < 1.29 is 18.5 Å². The van der Waals surface area contributed by atoms with Gasteiger partial charge in [0.25, 0.3) is 5.91 Å². The highest BCUT2D eigenvalue weighted by atomic mass is 35.5. The van der Waals surface area contributed by atoms with Crippen molar-refractivity contribution in [3.8, 4) is 0 Å². The standard InChI is InChI=1S/C11H10Cl2F2N2O3/c1-11(4-12,5-13)16-10(18)7-2-6(14)3-8(9(7)15)17(19)20/h2-3H,4-5H2,1H3,(H,16,18). The summed E-state index contributed by atoms with van der Waals surface area (Å²) in [7, 11) is 0. The third-order valence-electron chi connectivity index (χ3n) is 2.46. The van der Waals surface area contributed by atoms with Gasteiger partial charge < -0.3 is 5.32 Å². The molecule has 0 saturated heterocycles. The Hall–Kier alpha value is -1.47. The van der Waals surface area contributed by atoms with Gasteiger partial charge in [-0.05, 0) is 13.0 Å². The Morgan fingerprint density at radius 2 is 1.95 bits per heavy atom. The van der Waals surface area contributed by atoms with Gasteiger partial charge in [0.15, 0.2) is 0 Å². The van der Waals surface area contributed by atoms with Crippen LogP contribution in [0.3, 0.4) is 0 Å². The van der Waals surface area contributed by atoms with Gasteiger partial charge in [-0.15, -0.1) is 23.2 Å². The summed E-state index contributed by atoms with van der Waals surface area (Å²) in [6, 6.07) is 0.967. The predicted octanol–water partition coefficient (Wildman–Crippen LogP) is 2.84. The molecule has 0 heterocycles. The molecule has 0 aromatic heterocycles. The maximum absolute atomic E-state index is 13.8. The first kappa shape index (κ1) is 16.6. The second-order valence-corrected chi connectivity index (χ2v) is 4.86. The number of halogens is 4. The summed E-state index contributed by atoms with van der Waals surface area (Å²) < 4.78 is 27.0. The van der Waals surface area contributed by atoms with Gasteiger partial charge in [0, 0.05) is 11.8 Å². The highest BCUT2D eigenvalue weighted by molar-refractivity contribution is 6.22. The molecule has 0 aliphatic heterocycles. The summed E-state index contributed by atoms with van der Waals surface area (Å²) in [5, 5.41) is 12.9. The zero-order valence-corrected chi connectivity index (χ0v) is 11.8. The van der Waals surface area contributed by atoms with Crippen LogP contribution in [-0.2, 0) is 0 Å². The predicted molar refractivity (Wildman–Crippen MR) is 70.3 cm³/mol. The molecule has 20 heavy (non-hydrogen) atoms. The third kappa shape index (κ3) is 3.55. The molecule has 0 spiro atoms. The molecule has 1 aromatic rings. The number of nitrogens with zero attached hydrogens (tertiary/aromatic N) is 1. The van der Waals surface area contributed by atoms with E-state index in [9.17, 15) is 23.7 Å². The fraction of sp³-hybridized carbons (Fsp3) is 0.364. The summed E-state index contributed by atoms with van der Waals surface area (Å²) in [6.07, 6.45) is 0. The van der Waals surface area contributed by atoms with E-state index in [2.05, 4.69) is 5.32 Å². The number of hydrogen-bond donors (Lipinski definition) is 1. The van der Waals surface area contributed by atoms with Gasteiger partial charge in [-0.1, -0.05) is 0 Å². The number of carbonyl (C=O) groups excluding carboxylic acids is 1. The largest absolute Gasteiger partial charge is 0.344 e. The van der Waals surface area contributed by atoms with Crippen LogP contribution in [0.25, 0.3) is 0 Å². The van der Waals surface area contributed by atoms with Crippen molar-refractivity contribution in [3.63, 3.8) is 0 Å². The number of rotatable bonds is 5. The molecule has 0 aliphatic carbocycles. The topological polar surface area (TPSA) is 72.2 Å². The molecule has 0 bridgehead atoms. The lowest BCUT2D eigenvalue weighted by Crippen LogP contribution is -2.49. The van der Waals surface area contributed by atoms with E-state index in [4.69, 9.17) is 23.2 Å². The zero-order valence-electron chi connectivity index (χ0n) is 10.3. The molecular weight excluding hydrogens is 317 g/mol. The second kappa shape index (κ2) is 6.32.